The van der Waals surface area contributed by atoms with Gasteiger partial charge in [0.2, 0.25) is 0 Å². The van der Waals surface area contributed by atoms with Crippen LogP contribution in [0.25, 0.3) is 0 Å². The van der Waals surface area contributed by atoms with Crippen LogP contribution in [0.4, 0.5) is 0 Å². The van der Waals surface area contributed by atoms with Crippen LogP contribution >= 0.6 is 0 Å². The molecule has 0 amide bonds. The summed E-state index contributed by atoms with van der Waals surface area (Å²) in [6, 6.07) is 3.31. The van der Waals surface area contributed by atoms with Crippen molar-refractivity contribution < 1.29 is 32.0 Å². The molecule has 0 spiro atoms. The Labute approximate surface area is 344 Å². The Hall–Kier alpha value is -2.45. The molecule has 0 heterocycles. The lowest BCUT2D eigenvalue weighted by Crippen LogP contribution is -2.16. The fourth-order valence-electron chi connectivity index (χ4n) is 7.17. The molecule has 0 fully saturated rings. The number of hydrogen-bond acceptors (Lipinski definition) is 6. The molecule has 1 N–H and O–H groups in total. The Kier molecular flexibility index (Phi) is 33.9. The average molecular weight is 803 g/mol. The van der Waals surface area contributed by atoms with Gasteiger partial charge in [0.1, 0.15) is 0 Å². The van der Waals surface area contributed by atoms with Crippen molar-refractivity contribution in [1.29, 1.82) is 0 Å². The Balaban J connectivity index is 2.17. The molecule has 7 nitrogen and oxygen atoms in total. The van der Waals surface area contributed by atoms with Crippen LogP contribution in [-0.2, 0) is 19.6 Å². The second-order valence-corrected chi connectivity index (χ2v) is 17.2. The predicted octanol–water partition coefficient (Wildman–Crippen LogP) is 14.9. The summed E-state index contributed by atoms with van der Waals surface area (Å²) in [5, 5.41) is 0. The van der Waals surface area contributed by atoms with Crippen LogP contribution in [0.2, 0.25) is 0 Å². The third-order valence-electron chi connectivity index (χ3n) is 10.7. The molecule has 0 aliphatic carbocycles. The van der Waals surface area contributed by atoms with Gasteiger partial charge >= 0.3 is 11.9 Å². The molecule has 1 aromatic carbocycles. The first-order valence-electron chi connectivity index (χ1n) is 23.0. The first-order valence-corrected chi connectivity index (χ1v) is 24.4. The minimum Gasteiger partial charge on any atom is -0.462 e. The van der Waals surface area contributed by atoms with Crippen LogP contribution in [0.15, 0.2) is 47.4 Å². The van der Waals surface area contributed by atoms with E-state index in [4.69, 9.17) is 9.47 Å². The molecule has 0 unspecified atom stereocenters. The summed E-state index contributed by atoms with van der Waals surface area (Å²) < 4.78 is 44.0. The molecule has 0 saturated heterocycles. The van der Waals surface area contributed by atoms with E-state index in [1.165, 1.54) is 167 Å². The van der Waals surface area contributed by atoms with Gasteiger partial charge in [0.05, 0.1) is 29.2 Å². The van der Waals surface area contributed by atoms with Crippen LogP contribution in [0.5, 0.6) is 0 Å². The average Bonchev–Trinajstić information content (AvgIpc) is 3.18. The summed E-state index contributed by atoms with van der Waals surface area (Å²) in [6.07, 6.45) is 48.3. The first kappa shape index (κ1) is 51.6. The smallest absolute Gasteiger partial charge is 0.339 e. The second-order valence-electron chi connectivity index (χ2n) is 15.8. The summed E-state index contributed by atoms with van der Waals surface area (Å²) in [5.74, 6) is -1.49. The van der Waals surface area contributed by atoms with Crippen molar-refractivity contribution in [3.63, 3.8) is 0 Å². The maximum Gasteiger partial charge on any atom is 0.339 e. The number of esters is 2. The number of rotatable bonds is 39. The fourth-order valence-corrected chi connectivity index (χ4v) is 7.68. The molecule has 1 rings (SSSR count). The number of allylic oxidation sites excluding steroid dienone is 4. The van der Waals surface area contributed by atoms with Gasteiger partial charge in [-0.3, -0.25) is 4.55 Å². The van der Waals surface area contributed by atoms with E-state index >= 15 is 0 Å². The molecule has 1 aromatic rings. The Morgan fingerprint density at radius 1 is 0.464 bits per heavy atom. The normalized spacial score (nSPS) is 11.9. The predicted molar refractivity (Wildman–Crippen MR) is 234 cm³/mol. The van der Waals surface area contributed by atoms with Gasteiger partial charge in [-0.05, 0) is 70.6 Å². The molecule has 56 heavy (non-hydrogen) atoms. The quantitative estimate of drug-likeness (QED) is 0.0306. The molecule has 8 heteroatoms. The SMILES string of the molecule is C/C=C/CCCCCCCCCCCCCCCCCOC(=O)c1ccc(S(=O)(=O)O)cc1C(=O)OCCCCCCCCCCCCCCCCC/C=C/C. The summed E-state index contributed by atoms with van der Waals surface area (Å²) in [6.45, 7) is 4.58. The van der Waals surface area contributed by atoms with E-state index < -0.39 is 27.0 Å². The summed E-state index contributed by atoms with van der Waals surface area (Å²) in [7, 11) is -4.57. The van der Waals surface area contributed by atoms with Gasteiger partial charge in [0, 0.05) is 0 Å². The van der Waals surface area contributed by atoms with Crippen LogP contribution in [0.1, 0.15) is 240 Å². The highest BCUT2D eigenvalue weighted by molar-refractivity contribution is 7.85. The van der Waals surface area contributed by atoms with E-state index in [1.54, 1.807) is 0 Å². The largest absolute Gasteiger partial charge is 0.462 e. The monoisotopic (exact) mass is 803 g/mol. The third-order valence-corrected chi connectivity index (χ3v) is 11.5. The second kappa shape index (κ2) is 36.9. The number of ether oxygens (including phenoxy) is 2. The van der Waals surface area contributed by atoms with E-state index in [1.807, 2.05) is 0 Å². The van der Waals surface area contributed by atoms with Gasteiger partial charge in [-0.25, -0.2) is 9.59 Å². The number of unbranched alkanes of at least 4 members (excludes halogenated alkanes) is 30. The number of benzene rings is 1. The number of carbonyl (C=O) groups is 2. The van der Waals surface area contributed by atoms with Gasteiger partial charge < -0.3 is 9.47 Å². The zero-order valence-electron chi connectivity index (χ0n) is 35.9. The Bertz CT molecular complexity index is 1270. The van der Waals surface area contributed by atoms with Crippen molar-refractivity contribution in [3.8, 4) is 0 Å². The third kappa shape index (κ3) is 29.7. The standard InChI is InChI=1S/C48H82O7S/c1-3-5-7-9-11-13-15-17-19-21-23-25-27-29-31-33-35-37-41-54-47(49)45-40-39-44(56(51,52)53)43-46(45)48(50)55-42-38-36-34-32-30-28-26-24-22-20-18-16-14-12-10-8-6-4-2/h3-6,39-40,43H,7-38,41-42H2,1-2H3,(H,51,52,53)/b5-3+,6-4+. The van der Waals surface area contributed by atoms with Gasteiger partial charge in [0.15, 0.2) is 0 Å². The first-order chi connectivity index (χ1) is 27.3. The van der Waals surface area contributed by atoms with Crippen molar-refractivity contribution in [2.45, 2.75) is 224 Å². The summed E-state index contributed by atoms with van der Waals surface area (Å²) >= 11 is 0. The number of hydrogen-bond donors (Lipinski definition) is 1. The molecule has 0 bridgehead atoms. The summed E-state index contributed by atoms with van der Waals surface area (Å²) in [4.78, 5) is 25.4. The van der Waals surface area contributed by atoms with Gasteiger partial charge in [-0.15, -0.1) is 0 Å². The molecule has 0 radical (unpaired) electrons. The highest BCUT2D eigenvalue weighted by Gasteiger charge is 2.23. The Morgan fingerprint density at radius 2 is 0.750 bits per heavy atom. The lowest BCUT2D eigenvalue weighted by molar-refractivity contribution is 0.0450. The summed E-state index contributed by atoms with van der Waals surface area (Å²) in [5.41, 5.74) is -0.265. The number of carbonyl (C=O) groups excluding carboxylic acids is 2. The zero-order chi connectivity index (χ0) is 40.8. The lowest BCUT2D eigenvalue weighted by Gasteiger charge is -2.11. The Morgan fingerprint density at radius 3 is 1.05 bits per heavy atom. The van der Waals surface area contributed by atoms with Crippen molar-refractivity contribution in [2.75, 3.05) is 13.2 Å². The minimum absolute atomic E-state index is 0.0573. The minimum atomic E-state index is -4.57. The molecular weight excluding hydrogens is 721 g/mol. The zero-order valence-corrected chi connectivity index (χ0v) is 36.7. The van der Waals surface area contributed by atoms with Crippen molar-refractivity contribution >= 4 is 22.1 Å². The lowest BCUT2D eigenvalue weighted by atomic mass is 10.0. The van der Waals surface area contributed by atoms with Gasteiger partial charge in [-0.2, -0.15) is 8.42 Å². The highest BCUT2D eigenvalue weighted by Crippen LogP contribution is 2.20. The molecule has 0 atom stereocenters. The van der Waals surface area contributed by atoms with E-state index in [9.17, 15) is 22.6 Å². The topological polar surface area (TPSA) is 107 Å². The maximum absolute atomic E-state index is 13.0. The van der Waals surface area contributed by atoms with Crippen LogP contribution in [0.3, 0.4) is 0 Å². The molecular formula is C48H82O7S. The highest BCUT2D eigenvalue weighted by atomic mass is 32.2. The van der Waals surface area contributed by atoms with E-state index in [-0.39, 0.29) is 24.3 Å². The fraction of sp³-hybridized carbons (Fsp3) is 0.750. The van der Waals surface area contributed by atoms with Gasteiger partial charge in [0.25, 0.3) is 10.1 Å². The molecule has 0 saturated carbocycles. The van der Waals surface area contributed by atoms with Crippen molar-refractivity contribution in [3.05, 3.63) is 53.6 Å². The van der Waals surface area contributed by atoms with Crippen LogP contribution < -0.4 is 0 Å². The van der Waals surface area contributed by atoms with Crippen molar-refractivity contribution in [2.24, 2.45) is 0 Å². The van der Waals surface area contributed by atoms with E-state index in [0.717, 1.165) is 50.7 Å². The molecule has 0 aromatic heterocycles. The van der Waals surface area contributed by atoms with Crippen LogP contribution in [0, 0.1) is 0 Å². The molecule has 0 aliphatic rings. The molecule has 0 aliphatic heterocycles. The van der Waals surface area contributed by atoms with E-state index in [2.05, 4.69) is 38.2 Å². The maximum atomic E-state index is 13.0. The molecule has 322 valence electrons. The van der Waals surface area contributed by atoms with Crippen molar-refractivity contribution in [1.82, 2.24) is 0 Å². The van der Waals surface area contributed by atoms with E-state index in [0.29, 0.717) is 6.42 Å². The van der Waals surface area contributed by atoms with Crippen LogP contribution in [-0.4, -0.2) is 38.1 Å². The van der Waals surface area contributed by atoms with Gasteiger partial charge in [-0.1, -0.05) is 191 Å².